The maximum Gasteiger partial charge on any atom is 0.335 e. The fourth-order valence-electron chi connectivity index (χ4n) is 1.73. The number of urea groups is 1. The predicted octanol–water partition coefficient (Wildman–Crippen LogP) is 3.76. The Kier molecular flexibility index (Phi) is 4.82. The SMILES string of the molecule is CN(Cc1ccsc1)C(=O)Nc1cc(Cl)cc(C(=O)O)c1. The van der Waals surface area contributed by atoms with Gasteiger partial charge in [0, 0.05) is 24.3 Å². The molecule has 2 rings (SSSR count). The van der Waals surface area contributed by atoms with Gasteiger partial charge >= 0.3 is 12.0 Å². The van der Waals surface area contributed by atoms with Crippen LogP contribution in [0, 0.1) is 0 Å². The van der Waals surface area contributed by atoms with E-state index in [1.807, 2.05) is 16.8 Å². The molecule has 0 radical (unpaired) electrons. The number of rotatable bonds is 4. The Morgan fingerprint density at radius 3 is 2.76 bits per heavy atom. The minimum absolute atomic E-state index is 0.0262. The van der Waals surface area contributed by atoms with Crippen LogP contribution in [0.4, 0.5) is 10.5 Å². The van der Waals surface area contributed by atoms with E-state index in [2.05, 4.69) is 5.32 Å². The summed E-state index contributed by atoms with van der Waals surface area (Å²) in [6, 6.07) is 5.81. The number of hydrogen-bond donors (Lipinski definition) is 2. The number of benzene rings is 1. The molecule has 2 aromatic rings. The van der Waals surface area contributed by atoms with Crippen molar-refractivity contribution in [3.8, 4) is 0 Å². The third-order valence-corrected chi connectivity index (χ3v) is 3.69. The van der Waals surface area contributed by atoms with Crippen LogP contribution < -0.4 is 5.32 Å². The Balaban J connectivity index is 2.06. The largest absolute Gasteiger partial charge is 0.478 e. The molecule has 0 atom stereocenters. The van der Waals surface area contributed by atoms with Crippen molar-refractivity contribution in [1.29, 1.82) is 0 Å². The molecule has 0 aliphatic heterocycles. The molecule has 21 heavy (non-hydrogen) atoms. The molecule has 1 aromatic heterocycles. The summed E-state index contributed by atoms with van der Waals surface area (Å²) < 4.78 is 0. The Bertz CT molecular complexity index is 658. The molecule has 5 nitrogen and oxygen atoms in total. The number of nitrogens with zero attached hydrogens (tertiary/aromatic N) is 1. The van der Waals surface area contributed by atoms with Crippen molar-refractivity contribution in [1.82, 2.24) is 4.90 Å². The average molecular weight is 325 g/mol. The number of halogens is 1. The van der Waals surface area contributed by atoms with Gasteiger partial charge in [-0.2, -0.15) is 11.3 Å². The molecule has 0 saturated heterocycles. The molecule has 0 fully saturated rings. The lowest BCUT2D eigenvalue weighted by atomic mass is 10.2. The monoisotopic (exact) mass is 324 g/mol. The third-order valence-electron chi connectivity index (χ3n) is 2.74. The van der Waals surface area contributed by atoms with Crippen LogP contribution >= 0.6 is 22.9 Å². The number of nitrogens with one attached hydrogen (secondary N) is 1. The second kappa shape index (κ2) is 6.60. The topological polar surface area (TPSA) is 69.6 Å². The van der Waals surface area contributed by atoms with Gasteiger partial charge in [0.25, 0.3) is 0 Å². The number of thiophene rings is 1. The zero-order valence-electron chi connectivity index (χ0n) is 11.2. The van der Waals surface area contributed by atoms with Gasteiger partial charge in [-0.1, -0.05) is 11.6 Å². The van der Waals surface area contributed by atoms with Gasteiger partial charge in [-0.25, -0.2) is 9.59 Å². The smallest absolute Gasteiger partial charge is 0.335 e. The van der Waals surface area contributed by atoms with Crippen LogP contribution in [-0.2, 0) is 6.54 Å². The average Bonchev–Trinajstić information content (AvgIpc) is 2.90. The summed E-state index contributed by atoms with van der Waals surface area (Å²) in [6.45, 7) is 0.474. The lowest BCUT2D eigenvalue weighted by Gasteiger charge is -2.17. The standard InChI is InChI=1S/C14H13ClN2O3S/c1-17(7-9-2-3-21-8-9)14(20)16-12-5-10(13(18)19)4-11(15)6-12/h2-6,8H,7H2,1H3,(H,16,20)(H,18,19). The van der Waals surface area contributed by atoms with Gasteiger partial charge in [-0.15, -0.1) is 0 Å². The van der Waals surface area contributed by atoms with Crippen LogP contribution in [0.5, 0.6) is 0 Å². The van der Waals surface area contributed by atoms with E-state index in [0.29, 0.717) is 12.2 Å². The van der Waals surface area contributed by atoms with Crippen LogP contribution in [0.3, 0.4) is 0 Å². The van der Waals surface area contributed by atoms with E-state index in [4.69, 9.17) is 16.7 Å². The summed E-state index contributed by atoms with van der Waals surface area (Å²) in [5, 5.41) is 15.8. The minimum Gasteiger partial charge on any atom is -0.478 e. The van der Waals surface area contributed by atoms with Gasteiger partial charge in [-0.3, -0.25) is 0 Å². The van der Waals surface area contributed by atoms with Crippen molar-refractivity contribution >= 4 is 40.6 Å². The van der Waals surface area contributed by atoms with E-state index in [-0.39, 0.29) is 16.6 Å². The van der Waals surface area contributed by atoms with Crippen molar-refractivity contribution in [2.45, 2.75) is 6.54 Å². The molecular formula is C14H13ClN2O3S. The van der Waals surface area contributed by atoms with Gasteiger partial charge in [-0.05, 0) is 40.6 Å². The number of aromatic carboxylic acids is 1. The second-order valence-electron chi connectivity index (χ2n) is 4.45. The molecule has 2 amide bonds. The minimum atomic E-state index is -1.10. The predicted molar refractivity (Wildman–Crippen MR) is 83.2 cm³/mol. The van der Waals surface area contributed by atoms with Crippen molar-refractivity contribution in [3.63, 3.8) is 0 Å². The number of hydrogen-bond acceptors (Lipinski definition) is 3. The molecule has 0 aliphatic rings. The van der Waals surface area contributed by atoms with E-state index in [9.17, 15) is 9.59 Å². The van der Waals surface area contributed by atoms with Crippen LogP contribution in [0.15, 0.2) is 35.0 Å². The fourth-order valence-corrected chi connectivity index (χ4v) is 2.63. The summed E-state index contributed by atoms with van der Waals surface area (Å²) in [6.07, 6.45) is 0. The van der Waals surface area contributed by atoms with E-state index < -0.39 is 5.97 Å². The van der Waals surface area contributed by atoms with Gasteiger partial charge in [0.05, 0.1) is 5.56 Å². The molecule has 0 unspecified atom stereocenters. The molecule has 0 spiro atoms. The van der Waals surface area contributed by atoms with Crippen LogP contribution in [-0.4, -0.2) is 29.1 Å². The molecule has 110 valence electrons. The molecule has 7 heteroatoms. The summed E-state index contributed by atoms with van der Waals surface area (Å²) >= 11 is 7.41. The zero-order valence-corrected chi connectivity index (χ0v) is 12.7. The Morgan fingerprint density at radius 1 is 1.38 bits per heavy atom. The lowest BCUT2D eigenvalue weighted by Crippen LogP contribution is -2.30. The number of carbonyl (C=O) groups is 2. The van der Waals surface area contributed by atoms with Crippen molar-refractivity contribution in [3.05, 3.63) is 51.2 Å². The number of amides is 2. The van der Waals surface area contributed by atoms with E-state index in [1.54, 1.807) is 18.4 Å². The van der Waals surface area contributed by atoms with E-state index in [1.165, 1.54) is 23.1 Å². The van der Waals surface area contributed by atoms with Crippen LogP contribution in [0.2, 0.25) is 5.02 Å². The van der Waals surface area contributed by atoms with Crippen molar-refractivity contribution in [2.75, 3.05) is 12.4 Å². The first kappa shape index (κ1) is 15.3. The second-order valence-corrected chi connectivity index (χ2v) is 5.67. The Morgan fingerprint density at radius 2 is 2.14 bits per heavy atom. The molecular weight excluding hydrogens is 312 g/mol. The summed E-state index contributed by atoms with van der Waals surface area (Å²) in [5.74, 6) is -1.10. The van der Waals surface area contributed by atoms with E-state index >= 15 is 0 Å². The molecule has 2 N–H and O–H groups in total. The highest BCUT2D eigenvalue weighted by molar-refractivity contribution is 7.07. The number of carboxylic acid groups (broad SMARTS) is 1. The number of anilines is 1. The highest BCUT2D eigenvalue weighted by atomic mass is 35.5. The van der Waals surface area contributed by atoms with Gasteiger partial charge in [0.15, 0.2) is 0 Å². The normalized spacial score (nSPS) is 10.2. The number of carboxylic acids is 1. The highest BCUT2D eigenvalue weighted by Crippen LogP contribution is 2.20. The van der Waals surface area contributed by atoms with Gasteiger partial charge < -0.3 is 15.3 Å². The molecule has 1 aromatic carbocycles. The van der Waals surface area contributed by atoms with Crippen LogP contribution in [0.1, 0.15) is 15.9 Å². The Labute approximate surface area is 130 Å². The summed E-state index contributed by atoms with van der Waals surface area (Å²) in [4.78, 5) is 24.5. The first-order valence-corrected chi connectivity index (χ1v) is 7.35. The number of carbonyl (C=O) groups excluding carboxylic acids is 1. The fraction of sp³-hybridized carbons (Fsp3) is 0.143. The first-order valence-electron chi connectivity index (χ1n) is 6.03. The lowest BCUT2D eigenvalue weighted by molar-refractivity contribution is 0.0697. The third kappa shape index (κ3) is 4.21. The highest BCUT2D eigenvalue weighted by Gasteiger charge is 2.12. The molecule has 0 aliphatic carbocycles. The Hall–Kier alpha value is -2.05. The zero-order chi connectivity index (χ0) is 15.4. The molecule has 1 heterocycles. The maximum atomic E-state index is 12.1. The molecule has 0 bridgehead atoms. The first-order chi connectivity index (χ1) is 9.95. The molecule has 0 saturated carbocycles. The summed E-state index contributed by atoms with van der Waals surface area (Å²) in [5.41, 5.74) is 1.41. The maximum absolute atomic E-state index is 12.1. The van der Waals surface area contributed by atoms with E-state index in [0.717, 1.165) is 5.56 Å². The van der Waals surface area contributed by atoms with Crippen LogP contribution in [0.25, 0.3) is 0 Å². The van der Waals surface area contributed by atoms with Crippen molar-refractivity contribution < 1.29 is 14.7 Å². The van der Waals surface area contributed by atoms with Gasteiger partial charge in [0.1, 0.15) is 0 Å². The van der Waals surface area contributed by atoms with Gasteiger partial charge in [0.2, 0.25) is 0 Å². The quantitative estimate of drug-likeness (QED) is 0.899. The summed E-state index contributed by atoms with van der Waals surface area (Å²) in [7, 11) is 1.66. The van der Waals surface area contributed by atoms with Crippen molar-refractivity contribution in [2.24, 2.45) is 0 Å².